The predicted molar refractivity (Wildman–Crippen MR) is 137 cm³/mol. The van der Waals surface area contributed by atoms with Crippen LogP contribution in [0.25, 0.3) is 11.1 Å². The number of rotatable bonds is 3. The maximum Gasteiger partial charge on any atom is 0.234 e. The molecule has 0 radical (unpaired) electrons. The van der Waals surface area contributed by atoms with E-state index in [0.717, 1.165) is 35.6 Å². The molecule has 3 aromatic carbocycles. The van der Waals surface area contributed by atoms with Crippen LogP contribution < -0.4 is 10.2 Å². The molecule has 0 spiro atoms. The highest BCUT2D eigenvalue weighted by Crippen LogP contribution is 2.45. The first-order valence-electron chi connectivity index (χ1n) is 12.0. The average Bonchev–Trinajstić information content (AvgIpc) is 3.18. The summed E-state index contributed by atoms with van der Waals surface area (Å²) in [5, 5.41) is 2.97. The first kappa shape index (κ1) is 22.2. The molecule has 0 aromatic heterocycles. The predicted octanol–water partition coefficient (Wildman–Crippen LogP) is 5.13. The van der Waals surface area contributed by atoms with Gasteiger partial charge in [-0.1, -0.05) is 69.3 Å². The second-order valence-electron chi connectivity index (χ2n) is 10.2. The summed E-state index contributed by atoms with van der Waals surface area (Å²) in [5.41, 5.74) is 6.06. The first-order chi connectivity index (χ1) is 16.3. The standard InChI is InChI=1S/C29H31N3O2/c1-29(2,3)28(34)30-20-12-14-21(15-13-20)31-16-18-32(19-17-31)27(33)26-24-10-6-4-8-22(24)23-9-5-7-11-25(23)26/h4-15,26H,16-19H2,1-3H3,(H,30,34). The number of fused-ring (bicyclic) bond motifs is 3. The van der Waals surface area contributed by atoms with Crippen LogP contribution in [0.5, 0.6) is 0 Å². The fourth-order valence-corrected chi connectivity index (χ4v) is 4.86. The van der Waals surface area contributed by atoms with Gasteiger partial charge in [0.1, 0.15) is 0 Å². The number of hydrogen-bond donors (Lipinski definition) is 1. The van der Waals surface area contributed by atoms with Gasteiger partial charge >= 0.3 is 0 Å². The molecule has 1 saturated heterocycles. The summed E-state index contributed by atoms with van der Waals surface area (Å²) in [6, 6.07) is 24.5. The third-order valence-corrected chi connectivity index (χ3v) is 6.84. The fourth-order valence-electron chi connectivity index (χ4n) is 4.86. The van der Waals surface area contributed by atoms with E-state index < -0.39 is 5.41 Å². The minimum atomic E-state index is -0.429. The Morgan fingerprint density at radius 2 is 1.29 bits per heavy atom. The molecule has 5 nitrogen and oxygen atoms in total. The van der Waals surface area contributed by atoms with Gasteiger partial charge in [0.15, 0.2) is 0 Å². The van der Waals surface area contributed by atoms with Crippen LogP contribution in [-0.4, -0.2) is 42.9 Å². The van der Waals surface area contributed by atoms with Crippen LogP contribution in [0, 0.1) is 5.41 Å². The van der Waals surface area contributed by atoms with Crippen molar-refractivity contribution in [2.75, 3.05) is 36.4 Å². The van der Waals surface area contributed by atoms with E-state index in [9.17, 15) is 9.59 Å². The summed E-state index contributed by atoms with van der Waals surface area (Å²) in [7, 11) is 0. The Hall–Kier alpha value is -3.60. The third-order valence-electron chi connectivity index (χ3n) is 6.84. The number of benzene rings is 3. The Bertz CT molecular complexity index is 1170. The summed E-state index contributed by atoms with van der Waals surface area (Å²) >= 11 is 0. The SMILES string of the molecule is CC(C)(C)C(=O)Nc1ccc(N2CCN(C(=O)C3c4ccccc4-c4ccccc43)CC2)cc1. The van der Waals surface area contributed by atoms with Crippen molar-refractivity contribution in [1.82, 2.24) is 4.90 Å². The average molecular weight is 454 g/mol. The summed E-state index contributed by atoms with van der Waals surface area (Å²) in [6.45, 7) is 8.68. The minimum Gasteiger partial charge on any atom is -0.368 e. The Kier molecular flexibility index (Phi) is 5.64. The lowest BCUT2D eigenvalue weighted by molar-refractivity contribution is -0.132. The van der Waals surface area contributed by atoms with Gasteiger partial charge in [0.05, 0.1) is 5.92 Å². The van der Waals surface area contributed by atoms with Crippen molar-refractivity contribution >= 4 is 23.2 Å². The second kappa shape index (κ2) is 8.64. The van der Waals surface area contributed by atoms with Crippen molar-refractivity contribution in [3.05, 3.63) is 83.9 Å². The van der Waals surface area contributed by atoms with Crippen molar-refractivity contribution < 1.29 is 9.59 Å². The molecule has 1 fully saturated rings. The van der Waals surface area contributed by atoms with Gasteiger partial charge in [0.25, 0.3) is 0 Å². The van der Waals surface area contributed by atoms with Gasteiger partial charge in [-0.2, -0.15) is 0 Å². The molecule has 0 unspecified atom stereocenters. The number of carbonyl (C=O) groups excluding carboxylic acids is 2. The van der Waals surface area contributed by atoms with E-state index in [2.05, 4.69) is 34.5 Å². The topological polar surface area (TPSA) is 52.7 Å². The van der Waals surface area contributed by atoms with Crippen LogP contribution in [0.15, 0.2) is 72.8 Å². The number of amides is 2. The monoisotopic (exact) mass is 453 g/mol. The molecule has 2 aliphatic rings. The molecular formula is C29H31N3O2. The molecular weight excluding hydrogens is 422 g/mol. The Morgan fingerprint density at radius 3 is 1.82 bits per heavy atom. The van der Waals surface area contributed by atoms with Crippen LogP contribution in [0.3, 0.4) is 0 Å². The number of nitrogens with one attached hydrogen (secondary N) is 1. The zero-order valence-corrected chi connectivity index (χ0v) is 20.0. The molecule has 1 aliphatic carbocycles. The summed E-state index contributed by atoms with van der Waals surface area (Å²) in [5.74, 6) is -0.0237. The van der Waals surface area contributed by atoms with Gasteiger partial charge in [-0.05, 0) is 46.5 Å². The normalized spacial score (nSPS) is 15.6. The Balaban J connectivity index is 1.25. The van der Waals surface area contributed by atoms with Gasteiger partial charge < -0.3 is 15.1 Å². The Morgan fingerprint density at radius 1 is 0.765 bits per heavy atom. The van der Waals surface area contributed by atoms with Gasteiger partial charge in [-0.25, -0.2) is 0 Å². The van der Waals surface area contributed by atoms with Gasteiger partial charge in [-0.15, -0.1) is 0 Å². The molecule has 1 heterocycles. The van der Waals surface area contributed by atoms with Gasteiger partial charge in [-0.3, -0.25) is 9.59 Å². The lowest BCUT2D eigenvalue weighted by atomic mass is 9.95. The third kappa shape index (κ3) is 4.07. The number of piperazine rings is 1. The van der Waals surface area contributed by atoms with Gasteiger partial charge in [0, 0.05) is 43.0 Å². The van der Waals surface area contributed by atoms with E-state index >= 15 is 0 Å². The molecule has 0 atom stereocenters. The molecule has 3 aromatic rings. The van der Waals surface area contributed by atoms with E-state index in [1.165, 1.54) is 11.1 Å². The second-order valence-corrected chi connectivity index (χ2v) is 10.2. The van der Waals surface area contributed by atoms with Crippen molar-refractivity contribution in [3.8, 4) is 11.1 Å². The lowest BCUT2D eigenvalue weighted by Gasteiger charge is -2.37. The van der Waals surface area contributed by atoms with Crippen molar-refractivity contribution in [2.45, 2.75) is 26.7 Å². The van der Waals surface area contributed by atoms with E-state index in [1.54, 1.807) is 0 Å². The van der Waals surface area contributed by atoms with E-state index in [-0.39, 0.29) is 17.7 Å². The van der Waals surface area contributed by atoms with Crippen LogP contribution in [0.1, 0.15) is 37.8 Å². The van der Waals surface area contributed by atoms with Crippen LogP contribution in [0.4, 0.5) is 11.4 Å². The summed E-state index contributed by atoms with van der Waals surface area (Å²) in [4.78, 5) is 30.2. The van der Waals surface area contributed by atoms with Crippen LogP contribution in [0.2, 0.25) is 0 Å². The zero-order valence-electron chi connectivity index (χ0n) is 20.0. The molecule has 5 heteroatoms. The number of hydrogen-bond acceptors (Lipinski definition) is 3. The quantitative estimate of drug-likeness (QED) is 0.598. The maximum atomic E-state index is 13.7. The fraction of sp³-hybridized carbons (Fsp3) is 0.310. The van der Waals surface area contributed by atoms with Crippen LogP contribution in [-0.2, 0) is 9.59 Å². The highest BCUT2D eigenvalue weighted by atomic mass is 16.2. The molecule has 174 valence electrons. The molecule has 0 saturated carbocycles. The highest BCUT2D eigenvalue weighted by Gasteiger charge is 2.36. The maximum absolute atomic E-state index is 13.7. The number of anilines is 2. The molecule has 0 bridgehead atoms. The van der Waals surface area contributed by atoms with E-state index in [0.29, 0.717) is 13.1 Å². The molecule has 5 rings (SSSR count). The van der Waals surface area contributed by atoms with Gasteiger partial charge in [0.2, 0.25) is 11.8 Å². The highest BCUT2D eigenvalue weighted by molar-refractivity contribution is 5.96. The first-order valence-corrected chi connectivity index (χ1v) is 12.0. The van der Waals surface area contributed by atoms with Crippen molar-refractivity contribution in [3.63, 3.8) is 0 Å². The number of nitrogens with zero attached hydrogens (tertiary/aromatic N) is 2. The molecule has 34 heavy (non-hydrogen) atoms. The zero-order chi connectivity index (χ0) is 23.9. The molecule has 2 amide bonds. The minimum absolute atomic E-state index is 0.00226. The molecule has 1 aliphatic heterocycles. The molecule has 1 N–H and O–H groups in total. The summed E-state index contributed by atoms with van der Waals surface area (Å²) in [6.07, 6.45) is 0. The largest absolute Gasteiger partial charge is 0.368 e. The van der Waals surface area contributed by atoms with Crippen molar-refractivity contribution in [2.24, 2.45) is 5.41 Å². The van der Waals surface area contributed by atoms with E-state index in [4.69, 9.17) is 0 Å². The Labute approximate surface area is 201 Å². The smallest absolute Gasteiger partial charge is 0.234 e. The van der Waals surface area contributed by atoms with Crippen LogP contribution >= 0.6 is 0 Å². The lowest BCUT2D eigenvalue weighted by Crippen LogP contribution is -2.50. The van der Waals surface area contributed by atoms with E-state index in [1.807, 2.05) is 74.2 Å². The van der Waals surface area contributed by atoms with Crippen molar-refractivity contribution in [1.29, 1.82) is 0 Å². The number of carbonyl (C=O) groups is 2. The summed E-state index contributed by atoms with van der Waals surface area (Å²) < 4.78 is 0.